The summed E-state index contributed by atoms with van der Waals surface area (Å²) in [5.74, 6) is 1.34. The number of pyridine rings is 1. The van der Waals surface area contributed by atoms with Gasteiger partial charge in [-0.25, -0.2) is 0 Å². The quantitative estimate of drug-likeness (QED) is 0.510. The number of hydrogen-bond acceptors (Lipinski definition) is 6. The van der Waals surface area contributed by atoms with E-state index >= 15 is 0 Å². The molecule has 0 bridgehead atoms. The van der Waals surface area contributed by atoms with Crippen molar-refractivity contribution in [2.24, 2.45) is 0 Å². The first-order valence-electron chi connectivity index (χ1n) is 8.15. The number of methoxy groups -OCH3 is 1. The number of hydrogen-bond donors (Lipinski definition) is 1. The van der Waals surface area contributed by atoms with E-state index in [4.69, 9.17) is 9.47 Å². The predicted octanol–water partition coefficient (Wildman–Crippen LogP) is 4.03. The second-order valence-electron chi connectivity index (χ2n) is 5.77. The van der Waals surface area contributed by atoms with Crippen molar-refractivity contribution in [1.29, 1.82) is 0 Å². The number of nitrogens with zero attached hydrogens (tertiary/aromatic N) is 2. The highest BCUT2D eigenvalue weighted by molar-refractivity contribution is 5.99. The molecule has 0 saturated carbocycles. The summed E-state index contributed by atoms with van der Waals surface area (Å²) in [6.07, 6.45) is 2.98. The number of anilines is 1. The molecule has 0 saturated heterocycles. The van der Waals surface area contributed by atoms with Crippen LogP contribution in [-0.2, 0) is 0 Å². The third-order valence-corrected chi connectivity index (χ3v) is 3.97. The van der Waals surface area contributed by atoms with Gasteiger partial charge in [-0.05, 0) is 31.2 Å². The molecule has 3 rings (SSSR count). The smallest absolute Gasteiger partial charge is 0.278 e. The summed E-state index contributed by atoms with van der Waals surface area (Å²) in [7, 11) is 1.60. The van der Waals surface area contributed by atoms with Gasteiger partial charge in [0.2, 0.25) is 0 Å². The molecule has 0 amide bonds. The first-order valence-corrected chi connectivity index (χ1v) is 8.15. The number of nitro benzene ring substituents is 1. The Morgan fingerprint density at radius 1 is 1.15 bits per heavy atom. The number of benzene rings is 2. The van der Waals surface area contributed by atoms with Gasteiger partial charge in [0.05, 0.1) is 24.0 Å². The van der Waals surface area contributed by atoms with Crippen molar-refractivity contribution in [3.8, 4) is 11.5 Å². The number of ether oxygens (including phenoxy) is 2. The summed E-state index contributed by atoms with van der Waals surface area (Å²) in [6.45, 7) is 2.46. The third kappa shape index (κ3) is 3.66. The molecule has 0 aliphatic carbocycles. The average molecular weight is 353 g/mol. The summed E-state index contributed by atoms with van der Waals surface area (Å²) in [4.78, 5) is 14.8. The molecule has 0 radical (unpaired) electrons. The van der Waals surface area contributed by atoms with Crippen LogP contribution in [0, 0.1) is 10.1 Å². The first-order chi connectivity index (χ1) is 12.6. The fourth-order valence-electron chi connectivity index (χ4n) is 2.72. The maximum absolute atomic E-state index is 11.2. The standard InChI is InChI=1S/C19H19N3O4/c1-13(26-19-6-4-3-5-18(19)25-2)11-21-16-7-8-17(22(23)24)15-12-20-10-9-14(15)16/h3-10,12-13,21H,11H2,1-2H3. The first kappa shape index (κ1) is 17.5. The van der Waals surface area contributed by atoms with Crippen LogP contribution in [0.25, 0.3) is 10.8 Å². The molecule has 1 atom stereocenters. The molecule has 1 aromatic heterocycles. The number of rotatable bonds is 7. The van der Waals surface area contributed by atoms with Crippen molar-refractivity contribution in [2.75, 3.05) is 19.0 Å². The highest BCUT2D eigenvalue weighted by Crippen LogP contribution is 2.31. The van der Waals surface area contributed by atoms with Gasteiger partial charge in [-0.3, -0.25) is 15.1 Å². The van der Waals surface area contributed by atoms with E-state index in [0.29, 0.717) is 23.4 Å². The monoisotopic (exact) mass is 353 g/mol. The van der Waals surface area contributed by atoms with E-state index in [1.807, 2.05) is 31.2 Å². The van der Waals surface area contributed by atoms with Gasteiger partial charge in [-0.1, -0.05) is 12.1 Å². The molecule has 0 spiro atoms. The van der Waals surface area contributed by atoms with Crippen LogP contribution in [0.15, 0.2) is 54.9 Å². The van der Waals surface area contributed by atoms with Crippen LogP contribution < -0.4 is 14.8 Å². The molecule has 0 aliphatic rings. The van der Waals surface area contributed by atoms with Crippen LogP contribution in [0.4, 0.5) is 11.4 Å². The van der Waals surface area contributed by atoms with Crippen molar-refractivity contribution in [2.45, 2.75) is 13.0 Å². The van der Waals surface area contributed by atoms with Gasteiger partial charge >= 0.3 is 0 Å². The fourth-order valence-corrected chi connectivity index (χ4v) is 2.72. The van der Waals surface area contributed by atoms with E-state index in [9.17, 15) is 10.1 Å². The van der Waals surface area contributed by atoms with E-state index in [1.165, 1.54) is 12.3 Å². The number of fused-ring (bicyclic) bond motifs is 1. The third-order valence-electron chi connectivity index (χ3n) is 3.97. The molecule has 134 valence electrons. The van der Waals surface area contributed by atoms with Gasteiger partial charge in [0.15, 0.2) is 11.5 Å². The number of aromatic nitrogens is 1. The van der Waals surface area contributed by atoms with Gasteiger partial charge in [-0.2, -0.15) is 0 Å². The number of nitro groups is 1. The lowest BCUT2D eigenvalue weighted by molar-refractivity contribution is -0.383. The Labute approximate surface area is 150 Å². The van der Waals surface area contributed by atoms with Crippen LogP contribution in [0.2, 0.25) is 0 Å². The Balaban J connectivity index is 1.75. The second kappa shape index (κ2) is 7.69. The van der Waals surface area contributed by atoms with Crippen molar-refractivity contribution < 1.29 is 14.4 Å². The lowest BCUT2D eigenvalue weighted by Gasteiger charge is -2.18. The number of para-hydroxylation sites is 2. The zero-order valence-corrected chi connectivity index (χ0v) is 14.5. The van der Waals surface area contributed by atoms with Crippen molar-refractivity contribution >= 4 is 22.1 Å². The maximum atomic E-state index is 11.2. The minimum atomic E-state index is -0.402. The van der Waals surface area contributed by atoms with Crippen LogP contribution in [0.3, 0.4) is 0 Å². The molecule has 26 heavy (non-hydrogen) atoms. The molecule has 0 fully saturated rings. The summed E-state index contributed by atoms with van der Waals surface area (Å²) < 4.78 is 11.2. The Morgan fingerprint density at radius 2 is 1.92 bits per heavy atom. The molecule has 2 aromatic carbocycles. The Kier molecular flexibility index (Phi) is 5.17. The van der Waals surface area contributed by atoms with E-state index in [-0.39, 0.29) is 11.8 Å². The Bertz CT molecular complexity index is 930. The van der Waals surface area contributed by atoms with Gasteiger partial charge in [-0.15, -0.1) is 0 Å². The fraction of sp³-hybridized carbons (Fsp3) is 0.211. The van der Waals surface area contributed by atoms with Crippen LogP contribution >= 0.6 is 0 Å². The topological polar surface area (TPSA) is 86.5 Å². The van der Waals surface area contributed by atoms with Gasteiger partial charge in [0.1, 0.15) is 6.10 Å². The predicted molar refractivity (Wildman–Crippen MR) is 100.0 cm³/mol. The number of non-ortho nitro benzene ring substituents is 1. The molecular formula is C19H19N3O4. The molecule has 0 aliphatic heterocycles. The van der Waals surface area contributed by atoms with Gasteiger partial charge in [0.25, 0.3) is 5.69 Å². The highest BCUT2D eigenvalue weighted by Gasteiger charge is 2.15. The molecule has 7 heteroatoms. The van der Waals surface area contributed by atoms with Crippen LogP contribution in [-0.4, -0.2) is 29.7 Å². The molecule has 1 N–H and O–H groups in total. The van der Waals surface area contributed by atoms with E-state index < -0.39 is 4.92 Å². The molecule has 1 heterocycles. The van der Waals surface area contributed by atoms with Crippen molar-refractivity contribution in [3.63, 3.8) is 0 Å². The zero-order chi connectivity index (χ0) is 18.5. The second-order valence-corrected chi connectivity index (χ2v) is 5.77. The van der Waals surface area contributed by atoms with Gasteiger partial charge in [0, 0.05) is 29.5 Å². The largest absolute Gasteiger partial charge is 0.493 e. The van der Waals surface area contributed by atoms with Crippen molar-refractivity contribution in [3.05, 3.63) is 65.0 Å². The van der Waals surface area contributed by atoms with Crippen LogP contribution in [0.5, 0.6) is 11.5 Å². The Morgan fingerprint density at radius 3 is 2.65 bits per heavy atom. The van der Waals surface area contributed by atoms with E-state index in [0.717, 1.165) is 11.1 Å². The molecule has 3 aromatic rings. The maximum Gasteiger partial charge on any atom is 0.278 e. The number of nitrogens with one attached hydrogen (secondary N) is 1. The Hall–Kier alpha value is -3.35. The average Bonchev–Trinajstić information content (AvgIpc) is 2.66. The van der Waals surface area contributed by atoms with Gasteiger partial charge < -0.3 is 14.8 Å². The molecule has 7 nitrogen and oxygen atoms in total. The molecular weight excluding hydrogens is 334 g/mol. The summed E-state index contributed by atoms with van der Waals surface area (Å²) in [5, 5.41) is 15.7. The lowest BCUT2D eigenvalue weighted by atomic mass is 10.1. The van der Waals surface area contributed by atoms with E-state index in [1.54, 1.807) is 25.4 Å². The lowest BCUT2D eigenvalue weighted by Crippen LogP contribution is -2.23. The van der Waals surface area contributed by atoms with Crippen molar-refractivity contribution in [1.82, 2.24) is 4.98 Å². The van der Waals surface area contributed by atoms with E-state index in [2.05, 4.69) is 10.3 Å². The highest BCUT2D eigenvalue weighted by atomic mass is 16.6. The minimum Gasteiger partial charge on any atom is -0.493 e. The minimum absolute atomic E-state index is 0.0389. The van der Waals surface area contributed by atoms with Crippen LogP contribution in [0.1, 0.15) is 6.92 Å². The normalized spacial score (nSPS) is 11.8. The summed E-state index contributed by atoms with van der Waals surface area (Å²) in [6, 6.07) is 12.4. The summed E-state index contributed by atoms with van der Waals surface area (Å²) >= 11 is 0. The SMILES string of the molecule is COc1ccccc1OC(C)CNc1ccc([N+](=O)[O-])c2cnccc12. The summed E-state index contributed by atoms with van der Waals surface area (Å²) in [5.41, 5.74) is 0.834. The zero-order valence-electron chi connectivity index (χ0n) is 14.5. The molecule has 1 unspecified atom stereocenters.